The largest absolute Gasteiger partial charge is 0.857 e. The summed E-state index contributed by atoms with van der Waals surface area (Å²) in [6.07, 6.45) is 0.616. The molecule has 0 saturated carbocycles. The lowest BCUT2D eigenvalue weighted by Crippen LogP contribution is -2.39. The van der Waals surface area contributed by atoms with Crippen molar-refractivity contribution in [2.24, 2.45) is 4.99 Å². The van der Waals surface area contributed by atoms with E-state index in [0.717, 1.165) is 10.4 Å². The van der Waals surface area contributed by atoms with E-state index in [2.05, 4.69) is 25.6 Å². The molecule has 3 rings (SSSR count). The molecule has 0 amide bonds. The molecular weight excluding hydrogens is 286 g/mol. The van der Waals surface area contributed by atoms with E-state index in [1.165, 1.54) is 11.3 Å². The van der Waals surface area contributed by atoms with E-state index in [1.54, 1.807) is 0 Å². The van der Waals surface area contributed by atoms with Gasteiger partial charge in [0.1, 0.15) is 5.00 Å². The van der Waals surface area contributed by atoms with E-state index in [9.17, 15) is 15.0 Å². The summed E-state index contributed by atoms with van der Waals surface area (Å²) in [4.78, 5) is 15.0. The lowest BCUT2D eigenvalue weighted by Gasteiger charge is -2.12. The molecular formula is C10H7N5O4S-2. The first kappa shape index (κ1) is 12.7. The number of hydrogen-bond acceptors (Lipinski definition) is 9. The fourth-order valence-electron chi connectivity index (χ4n) is 1.93. The number of nitrogens with one attached hydrogen (secondary N) is 1. The quantitative estimate of drug-likeness (QED) is 0.506. The van der Waals surface area contributed by atoms with Crippen LogP contribution < -0.4 is 10.2 Å². The van der Waals surface area contributed by atoms with Gasteiger partial charge >= 0.3 is 0 Å². The number of aliphatic carboxylic acids is 1. The van der Waals surface area contributed by atoms with Crippen LogP contribution in [0.4, 0.5) is 5.00 Å². The van der Waals surface area contributed by atoms with Crippen LogP contribution >= 0.6 is 11.3 Å². The van der Waals surface area contributed by atoms with Crippen LogP contribution in [0.5, 0.6) is 0 Å². The van der Waals surface area contributed by atoms with Gasteiger partial charge < -0.3 is 19.7 Å². The van der Waals surface area contributed by atoms with Crippen LogP contribution in [-0.2, 0) is 22.6 Å². The van der Waals surface area contributed by atoms with Gasteiger partial charge in [-0.25, -0.2) is 0 Å². The summed E-state index contributed by atoms with van der Waals surface area (Å²) in [5.74, 6) is -2.92. The second-order valence-electron chi connectivity index (χ2n) is 3.93. The van der Waals surface area contributed by atoms with Gasteiger partial charge in [0, 0.05) is 10.8 Å². The molecule has 0 radical (unpaired) electrons. The highest BCUT2D eigenvalue weighted by atomic mass is 32.1. The number of nitrogens with zero attached hydrogens (tertiary/aromatic N) is 4. The molecule has 3 heterocycles. The van der Waals surface area contributed by atoms with Gasteiger partial charge in [-0.15, -0.1) is 21.5 Å². The lowest BCUT2D eigenvalue weighted by atomic mass is 10.1. The van der Waals surface area contributed by atoms with E-state index in [4.69, 9.17) is 4.74 Å². The summed E-state index contributed by atoms with van der Waals surface area (Å²) in [6.45, 7) is 0.919. The van der Waals surface area contributed by atoms with E-state index in [-0.39, 0.29) is 10.8 Å². The first-order valence-electron chi connectivity index (χ1n) is 5.60. The number of ether oxygens (including phenoxy) is 1. The Kier molecular flexibility index (Phi) is 3.16. The van der Waals surface area contributed by atoms with Crippen molar-refractivity contribution in [2.75, 3.05) is 6.61 Å². The minimum absolute atomic E-state index is 0.233. The second kappa shape index (κ2) is 4.98. The van der Waals surface area contributed by atoms with Crippen molar-refractivity contribution in [1.82, 2.24) is 20.6 Å². The number of tetrazole rings is 1. The first-order valence-corrected chi connectivity index (χ1v) is 6.41. The summed E-state index contributed by atoms with van der Waals surface area (Å²) in [5, 5.41) is 35.5. The molecule has 2 aromatic rings. The zero-order valence-electron chi connectivity index (χ0n) is 9.95. The minimum Gasteiger partial charge on any atom is -0.857 e. The van der Waals surface area contributed by atoms with Crippen LogP contribution in [-0.4, -0.2) is 39.1 Å². The second-order valence-corrected chi connectivity index (χ2v) is 5.01. The SMILES string of the molecule is O=C([O-])/C([O-])=N/c1sc2c(c1-c1nn[nH]n1)CCOC2. The molecule has 0 bridgehead atoms. The fraction of sp³-hybridized carbons (Fsp3) is 0.300. The highest BCUT2D eigenvalue weighted by molar-refractivity contribution is 7.16. The maximum atomic E-state index is 11.2. The van der Waals surface area contributed by atoms with Crippen LogP contribution in [0, 0.1) is 0 Å². The Labute approximate surface area is 115 Å². The van der Waals surface area contributed by atoms with Gasteiger partial charge in [-0.2, -0.15) is 5.21 Å². The molecule has 0 aromatic carbocycles. The number of aromatic amines is 1. The standard InChI is InChI=1S/C10H9N5O4S/c16-8(10(17)18)11-9-6(7-12-14-15-13-7)4-1-2-19-3-5(4)20-9/h1-3H2,(H,11,16)(H,17,18)(H,12,13,14,15)/p-2. The maximum absolute atomic E-state index is 11.2. The third-order valence-corrected chi connectivity index (χ3v) is 3.85. The molecule has 20 heavy (non-hydrogen) atoms. The number of carboxylic acid groups (broad SMARTS) is 1. The van der Waals surface area contributed by atoms with Crippen LogP contribution in [0.3, 0.4) is 0 Å². The summed E-state index contributed by atoms with van der Waals surface area (Å²) < 4.78 is 5.32. The molecule has 1 aliphatic rings. The van der Waals surface area contributed by atoms with E-state index in [1.807, 2.05) is 0 Å². The summed E-state index contributed by atoms with van der Waals surface area (Å²) in [6, 6.07) is 0. The van der Waals surface area contributed by atoms with Gasteiger partial charge in [0.25, 0.3) is 0 Å². The third kappa shape index (κ3) is 2.14. The van der Waals surface area contributed by atoms with Crippen molar-refractivity contribution in [3.8, 4) is 11.4 Å². The van der Waals surface area contributed by atoms with E-state index in [0.29, 0.717) is 25.2 Å². The smallest absolute Gasteiger partial charge is 0.208 e. The van der Waals surface area contributed by atoms with Crippen molar-refractivity contribution in [2.45, 2.75) is 13.0 Å². The van der Waals surface area contributed by atoms with E-state index < -0.39 is 11.9 Å². The molecule has 2 aromatic heterocycles. The highest BCUT2D eigenvalue weighted by Gasteiger charge is 2.24. The number of carbonyl (C=O) groups excluding carboxylic acids is 1. The van der Waals surface area contributed by atoms with Crippen LogP contribution in [0.1, 0.15) is 10.4 Å². The predicted molar refractivity (Wildman–Crippen MR) is 63.0 cm³/mol. The van der Waals surface area contributed by atoms with Crippen LogP contribution in [0.15, 0.2) is 4.99 Å². The Hall–Kier alpha value is -2.33. The molecule has 104 valence electrons. The topological polar surface area (TPSA) is 139 Å². The number of carboxylic acids is 1. The number of aliphatic imine (C=N–C) groups is 1. The summed E-state index contributed by atoms with van der Waals surface area (Å²) in [7, 11) is 0. The number of aromatic nitrogens is 4. The van der Waals surface area contributed by atoms with Crippen molar-refractivity contribution < 1.29 is 19.7 Å². The number of carbonyl (C=O) groups is 1. The number of hydrogen-bond donors (Lipinski definition) is 1. The van der Waals surface area contributed by atoms with Gasteiger partial charge in [0.2, 0.25) is 5.82 Å². The van der Waals surface area contributed by atoms with Gasteiger partial charge in [-0.1, -0.05) is 0 Å². The Morgan fingerprint density at radius 1 is 1.45 bits per heavy atom. The number of rotatable bonds is 2. The van der Waals surface area contributed by atoms with Gasteiger partial charge in [0.05, 0.1) is 24.7 Å². The molecule has 1 N–H and O–H groups in total. The Morgan fingerprint density at radius 2 is 2.30 bits per heavy atom. The average Bonchev–Trinajstić information content (AvgIpc) is 3.04. The van der Waals surface area contributed by atoms with Gasteiger partial charge in [-0.05, 0) is 17.2 Å². The molecule has 0 spiro atoms. The maximum Gasteiger partial charge on any atom is 0.208 e. The van der Waals surface area contributed by atoms with Crippen molar-refractivity contribution >= 4 is 28.2 Å². The fourth-order valence-corrected chi connectivity index (χ4v) is 3.08. The van der Waals surface area contributed by atoms with Crippen molar-refractivity contribution in [1.29, 1.82) is 0 Å². The highest BCUT2D eigenvalue weighted by Crippen LogP contribution is 2.43. The third-order valence-electron chi connectivity index (χ3n) is 2.75. The average molecular weight is 293 g/mol. The van der Waals surface area contributed by atoms with Crippen LogP contribution in [0.2, 0.25) is 0 Å². The monoisotopic (exact) mass is 293 g/mol. The normalized spacial score (nSPS) is 15.1. The molecule has 0 unspecified atom stereocenters. The molecule has 10 heteroatoms. The van der Waals surface area contributed by atoms with Crippen LogP contribution in [0.25, 0.3) is 11.4 Å². The molecule has 0 fully saturated rings. The Bertz CT molecular complexity index is 678. The summed E-state index contributed by atoms with van der Waals surface area (Å²) >= 11 is 1.18. The molecule has 0 saturated heterocycles. The first-order chi connectivity index (χ1) is 9.66. The predicted octanol–water partition coefficient (Wildman–Crippen LogP) is -1.86. The number of H-pyrrole nitrogens is 1. The Morgan fingerprint density at radius 3 is 3.00 bits per heavy atom. The molecule has 0 atom stereocenters. The lowest BCUT2D eigenvalue weighted by molar-refractivity contribution is -0.312. The minimum atomic E-state index is -1.85. The van der Waals surface area contributed by atoms with Gasteiger partial charge in [0.15, 0.2) is 0 Å². The number of fused-ring (bicyclic) bond motifs is 1. The zero-order valence-corrected chi connectivity index (χ0v) is 10.8. The summed E-state index contributed by atoms with van der Waals surface area (Å²) in [5.41, 5.74) is 1.43. The molecule has 9 nitrogen and oxygen atoms in total. The van der Waals surface area contributed by atoms with Crippen molar-refractivity contribution in [3.63, 3.8) is 0 Å². The molecule has 0 aliphatic carbocycles. The number of thiophene rings is 1. The molecule has 1 aliphatic heterocycles. The van der Waals surface area contributed by atoms with Crippen molar-refractivity contribution in [3.05, 3.63) is 10.4 Å². The zero-order chi connectivity index (χ0) is 14.1. The van der Waals surface area contributed by atoms with E-state index >= 15 is 0 Å². The van der Waals surface area contributed by atoms with Gasteiger partial charge in [-0.3, -0.25) is 4.99 Å². The Balaban J connectivity index is 2.16.